The lowest BCUT2D eigenvalue weighted by Gasteiger charge is -2.47. The molecule has 2 fully saturated rings. The molecular formula is C20H30N2O6S2. The van der Waals surface area contributed by atoms with Crippen LogP contribution in [0, 0.1) is 12.8 Å². The fourth-order valence-electron chi connectivity index (χ4n) is 4.55. The highest BCUT2D eigenvalue weighted by molar-refractivity contribution is 7.88. The number of ether oxygens (including phenoxy) is 1. The molecule has 0 aliphatic carbocycles. The summed E-state index contributed by atoms with van der Waals surface area (Å²) in [7, 11) is -6.58. The van der Waals surface area contributed by atoms with Gasteiger partial charge in [-0.3, -0.25) is 0 Å². The summed E-state index contributed by atoms with van der Waals surface area (Å²) >= 11 is 0. The van der Waals surface area contributed by atoms with Gasteiger partial charge in [0.2, 0.25) is 20.0 Å². The minimum atomic E-state index is -3.32. The Kier molecular flexibility index (Phi) is 6.62. The van der Waals surface area contributed by atoms with Crippen molar-refractivity contribution < 1.29 is 26.4 Å². The molecule has 8 nitrogen and oxygen atoms in total. The first-order valence-corrected chi connectivity index (χ1v) is 13.8. The van der Waals surface area contributed by atoms with Gasteiger partial charge in [-0.05, 0) is 31.4 Å². The van der Waals surface area contributed by atoms with Gasteiger partial charge >= 0.3 is 5.97 Å². The van der Waals surface area contributed by atoms with Gasteiger partial charge in [-0.1, -0.05) is 18.2 Å². The van der Waals surface area contributed by atoms with Gasteiger partial charge in [-0.15, -0.1) is 0 Å². The van der Waals surface area contributed by atoms with Crippen LogP contribution in [-0.4, -0.2) is 75.7 Å². The van der Waals surface area contributed by atoms with E-state index in [9.17, 15) is 21.6 Å². The summed E-state index contributed by atoms with van der Waals surface area (Å²) < 4.78 is 56.7. The third kappa shape index (κ3) is 5.04. The van der Waals surface area contributed by atoms with Crippen LogP contribution in [0.25, 0.3) is 0 Å². The molecule has 0 N–H and O–H groups in total. The number of rotatable bonds is 5. The molecule has 0 radical (unpaired) electrons. The van der Waals surface area contributed by atoms with Crippen LogP contribution >= 0.6 is 0 Å². The molecule has 2 heterocycles. The van der Waals surface area contributed by atoms with Crippen LogP contribution in [-0.2, 0) is 24.8 Å². The Morgan fingerprint density at radius 2 is 1.43 bits per heavy atom. The standard InChI is InChI=1S/C20H30N2O6S2/c1-16-6-4-5-7-18(16)19(23)28-20(10-14-22(15-11-20)30(3,26)27)17-8-12-21(13-9-17)29(2,24)25/h4-7,17H,8-15H2,1-3H3. The second-order valence-electron chi connectivity index (χ2n) is 8.37. The SMILES string of the molecule is Cc1ccccc1C(=O)OC1(C2CCN(S(C)(=O)=O)CC2)CCN(S(C)(=O)=O)CC1. The van der Waals surface area contributed by atoms with Crippen molar-refractivity contribution in [2.75, 3.05) is 38.7 Å². The first-order chi connectivity index (χ1) is 13.9. The van der Waals surface area contributed by atoms with Crippen molar-refractivity contribution in [1.29, 1.82) is 0 Å². The molecule has 10 heteroatoms. The summed E-state index contributed by atoms with van der Waals surface area (Å²) in [6.07, 6.45) is 4.35. The van der Waals surface area contributed by atoms with E-state index in [0.717, 1.165) is 5.56 Å². The average Bonchev–Trinajstić information content (AvgIpc) is 2.67. The molecule has 168 valence electrons. The molecule has 2 aliphatic rings. The van der Waals surface area contributed by atoms with Gasteiger partial charge < -0.3 is 4.74 Å². The van der Waals surface area contributed by atoms with E-state index in [2.05, 4.69) is 0 Å². The van der Waals surface area contributed by atoms with Crippen LogP contribution < -0.4 is 0 Å². The molecule has 2 aliphatic heterocycles. The van der Waals surface area contributed by atoms with E-state index in [-0.39, 0.29) is 19.0 Å². The first kappa shape index (κ1) is 23.2. The lowest BCUT2D eigenvalue weighted by atomic mass is 9.75. The Labute approximate surface area is 179 Å². The second-order valence-corrected chi connectivity index (χ2v) is 12.3. The zero-order chi connectivity index (χ0) is 22.2. The topological polar surface area (TPSA) is 101 Å². The van der Waals surface area contributed by atoms with Crippen LogP contribution in [0.2, 0.25) is 0 Å². The van der Waals surface area contributed by atoms with Gasteiger partial charge in [0, 0.05) is 44.9 Å². The molecule has 0 spiro atoms. The maximum Gasteiger partial charge on any atom is 0.338 e. The summed E-state index contributed by atoms with van der Waals surface area (Å²) in [5.74, 6) is -0.434. The fourth-order valence-corrected chi connectivity index (χ4v) is 6.27. The van der Waals surface area contributed by atoms with E-state index in [1.165, 1.54) is 21.1 Å². The number of carbonyl (C=O) groups excluding carboxylic acids is 1. The molecule has 2 saturated heterocycles. The Morgan fingerprint density at radius 1 is 0.933 bits per heavy atom. The minimum absolute atomic E-state index is 0.0230. The molecule has 0 saturated carbocycles. The van der Waals surface area contributed by atoms with E-state index < -0.39 is 31.6 Å². The third-order valence-electron chi connectivity index (χ3n) is 6.37. The molecule has 1 aromatic rings. The molecule has 30 heavy (non-hydrogen) atoms. The molecule has 0 unspecified atom stereocenters. The number of benzene rings is 1. The number of hydrogen-bond donors (Lipinski definition) is 0. The van der Waals surface area contributed by atoms with Gasteiger partial charge in [-0.25, -0.2) is 30.2 Å². The maximum absolute atomic E-state index is 13.0. The highest BCUT2D eigenvalue weighted by atomic mass is 32.2. The number of hydrogen-bond acceptors (Lipinski definition) is 6. The van der Waals surface area contributed by atoms with Crippen LogP contribution in [0.15, 0.2) is 24.3 Å². The molecule has 1 aromatic carbocycles. The molecule has 0 bridgehead atoms. The van der Waals surface area contributed by atoms with Gasteiger partial charge in [-0.2, -0.15) is 0 Å². The Hall–Kier alpha value is -1.49. The number of carbonyl (C=O) groups is 1. The summed E-state index contributed by atoms with van der Waals surface area (Å²) in [6, 6.07) is 7.21. The molecule has 0 amide bonds. The molecule has 0 aromatic heterocycles. The Bertz CT molecular complexity index is 990. The van der Waals surface area contributed by atoms with E-state index in [4.69, 9.17) is 4.74 Å². The van der Waals surface area contributed by atoms with Crippen molar-refractivity contribution in [3.63, 3.8) is 0 Å². The summed E-state index contributed by atoms with van der Waals surface area (Å²) in [4.78, 5) is 13.0. The zero-order valence-corrected chi connectivity index (χ0v) is 19.3. The van der Waals surface area contributed by atoms with Gasteiger partial charge in [0.15, 0.2) is 0 Å². The van der Waals surface area contributed by atoms with Gasteiger partial charge in [0.25, 0.3) is 0 Å². The van der Waals surface area contributed by atoms with E-state index in [0.29, 0.717) is 44.3 Å². The summed E-state index contributed by atoms with van der Waals surface area (Å²) in [5.41, 5.74) is 0.513. The third-order valence-corrected chi connectivity index (χ3v) is 8.97. The number of sulfonamides is 2. The van der Waals surface area contributed by atoms with E-state index >= 15 is 0 Å². The number of esters is 1. The monoisotopic (exact) mass is 458 g/mol. The molecule has 0 atom stereocenters. The number of piperidine rings is 2. The molecule has 3 rings (SSSR count). The zero-order valence-electron chi connectivity index (χ0n) is 17.7. The normalized spacial score (nSPS) is 22.0. The predicted molar refractivity (Wildman–Crippen MR) is 114 cm³/mol. The largest absolute Gasteiger partial charge is 0.455 e. The highest BCUT2D eigenvalue weighted by Crippen LogP contribution is 2.41. The van der Waals surface area contributed by atoms with Crippen molar-refractivity contribution in [1.82, 2.24) is 8.61 Å². The summed E-state index contributed by atoms with van der Waals surface area (Å²) in [5, 5.41) is 0. The fraction of sp³-hybridized carbons (Fsp3) is 0.650. The van der Waals surface area contributed by atoms with Gasteiger partial charge in [0.05, 0.1) is 18.1 Å². The van der Waals surface area contributed by atoms with Gasteiger partial charge in [0.1, 0.15) is 5.60 Å². The number of nitrogens with zero attached hydrogens (tertiary/aromatic N) is 2. The van der Waals surface area contributed by atoms with E-state index in [1.54, 1.807) is 12.1 Å². The van der Waals surface area contributed by atoms with Crippen molar-refractivity contribution in [3.05, 3.63) is 35.4 Å². The Balaban J connectivity index is 1.83. The van der Waals surface area contributed by atoms with Crippen molar-refractivity contribution >= 4 is 26.0 Å². The van der Waals surface area contributed by atoms with Crippen LogP contribution in [0.3, 0.4) is 0 Å². The average molecular weight is 459 g/mol. The smallest absolute Gasteiger partial charge is 0.338 e. The highest BCUT2D eigenvalue weighted by Gasteiger charge is 2.47. The summed E-state index contributed by atoms with van der Waals surface area (Å²) in [6.45, 7) is 3.17. The van der Waals surface area contributed by atoms with Crippen molar-refractivity contribution in [2.24, 2.45) is 5.92 Å². The van der Waals surface area contributed by atoms with Crippen LogP contribution in [0.4, 0.5) is 0 Å². The van der Waals surface area contributed by atoms with E-state index in [1.807, 2.05) is 19.1 Å². The Morgan fingerprint density at radius 3 is 1.93 bits per heavy atom. The predicted octanol–water partition coefficient (Wildman–Crippen LogP) is 1.62. The van der Waals surface area contributed by atoms with Crippen LogP contribution in [0.5, 0.6) is 0 Å². The lowest BCUT2D eigenvalue weighted by molar-refractivity contribution is -0.0870. The minimum Gasteiger partial charge on any atom is -0.455 e. The molecular weight excluding hydrogens is 428 g/mol. The van der Waals surface area contributed by atoms with Crippen LogP contribution in [0.1, 0.15) is 41.6 Å². The maximum atomic E-state index is 13.0. The quantitative estimate of drug-likeness (QED) is 0.622. The lowest BCUT2D eigenvalue weighted by Crippen LogP contribution is -2.55. The second kappa shape index (κ2) is 8.57. The first-order valence-electron chi connectivity index (χ1n) is 10.1. The van der Waals surface area contributed by atoms with Crippen molar-refractivity contribution in [2.45, 2.75) is 38.2 Å². The number of aryl methyl sites for hydroxylation is 1. The van der Waals surface area contributed by atoms with Crippen molar-refractivity contribution in [3.8, 4) is 0 Å².